The molecular weight excluding hydrogens is 268 g/mol. The van der Waals surface area contributed by atoms with Gasteiger partial charge in [-0.2, -0.15) is 0 Å². The number of nitrogens with one attached hydrogen (secondary N) is 1. The molecule has 6 heteroatoms. The van der Waals surface area contributed by atoms with Gasteiger partial charge in [0, 0.05) is 6.54 Å². The Morgan fingerprint density at radius 3 is 2.90 bits per heavy atom. The monoisotopic (exact) mass is 288 g/mol. The molecule has 0 aliphatic rings. The number of methoxy groups -OCH3 is 1. The minimum Gasteiger partial charge on any atom is -0.495 e. The van der Waals surface area contributed by atoms with Crippen LogP contribution in [0.5, 0.6) is 5.75 Å². The van der Waals surface area contributed by atoms with Gasteiger partial charge in [0.15, 0.2) is 0 Å². The fraction of sp³-hybridized carbons (Fsp3) is 0.333. The summed E-state index contributed by atoms with van der Waals surface area (Å²) in [5.41, 5.74) is 7.01. The van der Waals surface area contributed by atoms with E-state index in [1.54, 1.807) is 19.6 Å². The molecule has 1 aromatic heterocycles. The van der Waals surface area contributed by atoms with Gasteiger partial charge in [-0.15, -0.1) is 0 Å². The molecule has 0 aliphatic heterocycles. The Morgan fingerprint density at radius 2 is 2.24 bits per heavy atom. The van der Waals surface area contributed by atoms with E-state index >= 15 is 0 Å². The van der Waals surface area contributed by atoms with E-state index in [0.29, 0.717) is 11.4 Å². The maximum atomic E-state index is 11.8. The number of ether oxygens (including phenoxy) is 1. The van der Waals surface area contributed by atoms with Crippen molar-refractivity contribution in [1.82, 2.24) is 9.55 Å². The minimum atomic E-state index is -0.657. The Labute approximate surface area is 123 Å². The van der Waals surface area contributed by atoms with E-state index in [1.165, 1.54) is 0 Å². The summed E-state index contributed by atoms with van der Waals surface area (Å²) in [7, 11) is 1.58. The summed E-state index contributed by atoms with van der Waals surface area (Å²) in [6, 6.07) is 6.74. The predicted octanol–water partition coefficient (Wildman–Crippen LogP) is 1.94. The third-order valence-corrected chi connectivity index (χ3v) is 3.20. The topological polar surface area (TPSA) is 82.2 Å². The standard InChI is InChI=1S/C15H20N4O2/c1-3-8-19-10-17-9-12(19)14(15(16)20)18-11-6-4-5-7-13(11)21-2/h4-7,9-10,14,18H,3,8H2,1-2H3,(H2,16,20). The number of primary amides is 1. The SMILES string of the molecule is CCCn1cncc1C(Nc1ccccc1OC)C(N)=O. The van der Waals surface area contributed by atoms with Gasteiger partial charge in [0.1, 0.15) is 11.8 Å². The average molecular weight is 288 g/mol. The number of aryl methyl sites for hydroxylation is 1. The third-order valence-electron chi connectivity index (χ3n) is 3.20. The van der Waals surface area contributed by atoms with E-state index in [2.05, 4.69) is 17.2 Å². The summed E-state index contributed by atoms with van der Waals surface area (Å²) >= 11 is 0. The van der Waals surface area contributed by atoms with Crippen molar-refractivity contribution in [1.29, 1.82) is 0 Å². The zero-order valence-electron chi connectivity index (χ0n) is 12.2. The molecule has 112 valence electrons. The van der Waals surface area contributed by atoms with E-state index in [9.17, 15) is 4.79 Å². The highest BCUT2D eigenvalue weighted by Gasteiger charge is 2.22. The molecule has 1 unspecified atom stereocenters. The van der Waals surface area contributed by atoms with Crippen LogP contribution in [0.2, 0.25) is 0 Å². The van der Waals surface area contributed by atoms with Crippen LogP contribution in [0.15, 0.2) is 36.8 Å². The number of hydrogen-bond acceptors (Lipinski definition) is 4. The molecule has 0 bridgehead atoms. The second kappa shape index (κ2) is 6.78. The van der Waals surface area contributed by atoms with Crippen molar-refractivity contribution in [2.75, 3.05) is 12.4 Å². The molecule has 0 fully saturated rings. The van der Waals surface area contributed by atoms with Crippen molar-refractivity contribution < 1.29 is 9.53 Å². The van der Waals surface area contributed by atoms with Gasteiger partial charge in [-0.3, -0.25) is 4.79 Å². The number of carbonyl (C=O) groups is 1. The summed E-state index contributed by atoms with van der Waals surface area (Å²) < 4.78 is 7.21. The molecule has 0 spiro atoms. The number of aromatic nitrogens is 2. The summed E-state index contributed by atoms with van der Waals surface area (Å²) in [4.78, 5) is 15.9. The number of rotatable bonds is 7. The Bertz CT molecular complexity index is 609. The maximum absolute atomic E-state index is 11.8. The fourth-order valence-corrected chi connectivity index (χ4v) is 2.21. The molecule has 1 atom stereocenters. The lowest BCUT2D eigenvalue weighted by molar-refractivity contribution is -0.119. The summed E-state index contributed by atoms with van der Waals surface area (Å²) in [5, 5.41) is 3.14. The molecule has 2 rings (SSSR count). The van der Waals surface area contributed by atoms with Crippen LogP contribution in [-0.4, -0.2) is 22.6 Å². The summed E-state index contributed by atoms with van der Waals surface area (Å²) in [5.74, 6) is 0.198. The predicted molar refractivity (Wildman–Crippen MR) is 81.1 cm³/mol. The second-order valence-corrected chi connectivity index (χ2v) is 4.69. The number of hydrogen-bond donors (Lipinski definition) is 2. The van der Waals surface area contributed by atoms with E-state index < -0.39 is 11.9 Å². The average Bonchev–Trinajstić information content (AvgIpc) is 2.93. The highest BCUT2D eigenvalue weighted by atomic mass is 16.5. The van der Waals surface area contributed by atoms with Gasteiger partial charge < -0.3 is 20.4 Å². The number of benzene rings is 1. The largest absolute Gasteiger partial charge is 0.495 e. The van der Waals surface area contributed by atoms with E-state index in [1.807, 2.05) is 28.8 Å². The van der Waals surface area contributed by atoms with Crippen molar-refractivity contribution in [3.8, 4) is 5.75 Å². The molecule has 2 aromatic rings. The van der Waals surface area contributed by atoms with Gasteiger partial charge in [0.2, 0.25) is 5.91 Å². The number of carbonyl (C=O) groups excluding carboxylic acids is 1. The second-order valence-electron chi connectivity index (χ2n) is 4.69. The van der Waals surface area contributed by atoms with Crippen LogP contribution in [0.1, 0.15) is 25.1 Å². The van der Waals surface area contributed by atoms with E-state index in [4.69, 9.17) is 10.5 Å². The van der Waals surface area contributed by atoms with Gasteiger partial charge in [0.25, 0.3) is 0 Å². The number of amides is 1. The van der Waals surface area contributed by atoms with Crippen LogP contribution < -0.4 is 15.8 Å². The molecule has 0 radical (unpaired) electrons. The number of para-hydroxylation sites is 2. The third kappa shape index (κ3) is 3.34. The molecule has 1 amide bonds. The van der Waals surface area contributed by atoms with Crippen LogP contribution in [0.4, 0.5) is 5.69 Å². The summed E-state index contributed by atoms with van der Waals surface area (Å²) in [6.45, 7) is 2.85. The number of nitrogens with zero attached hydrogens (tertiary/aromatic N) is 2. The van der Waals surface area contributed by atoms with Gasteiger partial charge in [-0.05, 0) is 18.6 Å². The fourth-order valence-electron chi connectivity index (χ4n) is 2.21. The smallest absolute Gasteiger partial charge is 0.246 e. The van der Waals surface area contributed by atoms with Crippen LogP contribution in [-0.2, 0) is 11.3 Å². The van der Waals surface area contributed by atoms with Crippen molar-refractivity contribution in [2.45, 2.75) is 25.9 Å². The van der Waals surface area contributed by atoms with Crippen LogP contribution in [0.25, 0.3) is 0 Å². The Morgan fingerprint density at radius 1 is 1.48 bits per heavy atom. The molecular formula is C15H20N4O2. The number of imidazole rings is 1. The van der Waals surface area contributed by atoms with Crippen molar-refractivity contribution in [2.24, 2.45) is 5.73 Å². The first-order valence-electron chi connectivity index (χ1n) is 6.86. The van der Waals surface area contributed by atoms with Crippen molar-refractivity contribution in [3.05, 3.63) is 42.5 Å². The Kier molecular flexibility index (Phi) is 4.81. The molecule has 1 aromatic carbocycles. The molecule has 0 saturated heterocycles. The zero-order valence-corrected chi connectivity index (χ0v) is 12.2. The lowest BCUT2D eigenvalue weighted by Crippen LogP contribution is -2.29. The van der Waals surface area contributed by atoms with E-state index in [0.717, 1.165) is 18.7 Å². The minimum absolute atomic E-state index is 0.459. The highest BCUT2D eigenvalue weighted by molar-refractivity contribution is 5.84. The number of nitrogens with two attached hydrogens (primary N) is 1. The molecule has 21 heavy (non-hydrogen) atoms. The molecule has 0 saturated carbocycles. The van der Waals surface area contributed by atoms with Crippen LogP contribution in [0.3, 0.4) is 0 Å². The first kappa shape index (κ1) is 14.9. The summed E-state index contributed by atoms with van der Waals surface area (Å²) in [6.07, 6.45) is 4.32. The molecule has 0 aliphatic carbocycles. The van der Waals surface area contributed by atoms with Crippen molar-refractivity contribution in [3.63, 3.8) is 0 Å². The lowest BCUT2D eigenvalue weighted by atomic mass is 10.1. The van der Waals surface area contributed by atoms with Crippen LogP contribution in [0, 0.1) is 0 Å². The first-order valence-corrected chi connectivity index (χ1v) is 6.86. The highest BCUT2D eigenvalue weighted by Crippen LogP contribution is 2.27. The Hall–Kier alpha value is -2.50. The van der Waals surface area contributed by atoms with Gasteiger partial charge in [-0.1, -0.05) is 19.1 Å². The molecule has 3 N–H and O–H groups in total. The van der Waals surface area contributed by atoms with Crippen LogP contribution >= 0.6 is 0 Å². The number of anilines is 1. The molecule has 6 nitrogen and oxygen atoms in total. The quantitative estimate of drug-likeness (QED) is 0.815. The van der Waals surface area contributed by atoms with Gasteiger partial charge in [-0.25, -0.2) is 4.98 Å². The maximum Gasteiger partial charge on any atom is 0.246 e. The first-order chi connectivity index (χ1) is 10.2. The zero-order chi connectivity index (χ0) is 15.2. The normalized spacial score (nSPS) is 11.9. The molecule has 1 heterocycles. The van der Waals surface area contributed by atoms with Crippen molar-refractivity contribution >= 4 is 11.6 Å². The lowest BCUT2D eigenvalue weighted by Gasteiger charge is -2.19. The van der Waals surface area contributed by atoms with Gasteiger partial charge >= 0.3 is 0 Å². The Balaban J connectivity index is 2.31. The van der Waals surface area contributed by atoms with E-state index in [-0.39, 0.29) is 0 Å². The van der Waals surface area contributed by atoms with Gasteiger partial charge in [0.05, 0.1) is 31.0 Å².